The van der Waals surface area contributed by atoms with Gasteiger partial charge in [0.15, 0.2) is 0 Å². The Labute approximate surface area is 88.0 Å². The summed E-state index contributed by atoms with van der Waals surface area (Å²) in [4.78, 5) is 11.1. The normalized spacial score (nSPS) is 12.5. The van der Waals surface area contributed by atoms with Crippen molar-refractivity contribution in [2.45, 2.75) is 59.3 Å². The molecule has 0 radical (unpaired) electrons. The molecule has 84 valence electrons. The summed E-state index contributed by atoms with van der Waals surface area (Å²) in [6.45, 7) is 6.78. The monoisotopic (exact) mass is 200 g/mol. The van der Waals surface area contributed by atoms with Crippen LogP contribution in [0.2, 0.25) is 0 Å². The van der Waals surface area contributed by atoms with Gasteiger partial charge in [0, 0.05) is 6.42 Å². The molecule has 0 aromatic heterocycles. The lowest BCUT2D eigenvalue weighted by molar-refractivity contribution is -0.143. The van der Waals surface area contributed by atoms with Crippen LogP contribution in [0.3, 0.4) is 0 Å². The fourth-order valence-corrected chi connectivity index (χ4v) is 1.48. The molecule has 0 aliphatic carbocycles. The van der Waals surface area contributed by atoms with Crippen LogP contribution in [0.15, 0.2) is 0 Å². The highest BCUT2D eigenvalue weighted by atomic mass is 16.5. The van der Waals surface area contributed by atoms with Crippen LogP contribution < -0.4 is 0 Å². The molecule has 0 bridgehead atoms. The summed E-state index contributed by atoms with van der Waals surface area (Å²) in [7, 11) is 0. The van der Waals surface area contributed by atoms with Gasteiger partial charge in [-0.2, -0.15) is 0 Å². The van der Waals surface area contributed by atoms with Gasteiger partial charge in [0.1, 0.15) is 0 Å². The molecule has 0 N–H and O–H groups in total. The first-order valence-electron chi connectivity index (χ1n) is 5.86. The van der Waals surface area contributed by atoms with E-state index in [0.29, 0.717) is 18.9 Å². The van der Waals surface area contributed by atoms with Gasteiger partial charge in [-0.1, -0.05) is 39.5 Å². The minimum absolute atomic E-state index is 0.0464. The van der Waals surface area contributed by atoms with Crippen molar-refractivity contribution in [2.75, 3.05) is 6.61 Å². The van der Waals surface area contributed by atoms with Crippen molar-refractivity contribution in [3.05, 3.63) is 0 Å². The van der Waals surface area contributed by atoms with E-state index >= 15 is 0 Å². The van der Waals surface area contributed by atoms with Crippen molar-refractivity contribution in [3.8, 4) is 0 Å². The highest BCUT2D eigenvalue weighted by molar-refractivity contribution is 5.69. The lowest BCUT2D eigenvalue weighted by Crippen LogP contribution is -2.06. The van der Waals surface area contributed by atoms with E-state index in [0.717, 1.165) is 6.42 Å². The molecule has 0 aromatic carbocycles. The Hall–Kier alpha value is -0.530. The molecule has 0 aliphatic heterocycles. The van der Waals surface area contributed by atoms with E-state index in [1.165, 1.54) is 25.7 Å². The smallest absolute Gasteiger partial charge is 0.305 e. The third-order valence-electron chi connectivity index (χ3n) is 2.45. The Balaban J connectivity index is 3.33. The Morgan fingerprint density at radius 3 is 2.50 bits per heavy atom. The lowest BCUT2D eigenvalue weighted by atomic mass is 9.98. The zero-order valence-corrected chi connectivity index (χ0v) is 9.84. The molecule has 0 fully saturated rings. The number of unbranched alkanes of at least 4 members (excludes halogenated alkanes) is 2. The van der Waals surface area contributed by atoms with Gasteiger partial charge in [-0.05, 0) is 19.3 Å². The van der Waals surface area contributed by atoms with Crippen LogP contribution in [-0.4, -0.2) is 12.6 Å². The van der Waals surface area contributed by atoms with Crippen molar-refractivity contribution in [2.24, 2.45) is 5.92 Å². The molecule has 14 heavy (non-hydrogen) atoms. The highest BCUT2D eigenvalue weighted by Crippen LogP contribution is 2.14. The Morgan fingerprint density at radius 1 is 1.21 bits per heavy atom. The van der Waals surface area contributed by atoms with Gasteiger partial charge in [0.2, 0.25) is 0 Å². The number of ether oxygens (including phenoxy) is 1. The van der Waals surface area contributed by atoms with E-state index in [1.54, 1.807) is 0 Å². The summed E-state index contributed by atoms with van der Waals surface area (Å²) >= 11 is 0. The highest BCUT2D eigenvalue weighted by Gasteiger charge is 2.06. The van der Waals surface area contributed by atoms with Crippen molar-refractivity contribution in [1.82, 2.24) is 0 Å². The number of hydrogen-bond acceptors (Lipinski definition) is 2. The Bertz CT molecular complexity index is 143. The van der Waals surface area contributed by atoms with Crippen molar-refractivity contribution < 1.29 is 9.53 Å². The minimum Gasteiger partial charge on any atom is -0.466 e. The summed E-state index contributed by atoms with van der Waals surface area (Å²) in [5.41, 5.74) is 0. The molecule has 0 heterocycles. The van der Waals surface area contributed by atoms with Gasteiger partial charge >= 0.3 is 5.97 Å². The quantitative estimate of drug-likeness (QED) is 0.442. The molecule has 0 aliphatic rings. The van der Waals surface area contributed by atoms with Crippen molar-refractivity contribution >= 4 is 5.97 Å². The molecular formula is C12H24O2. The van der Waals surface area contributed by atoms with Crippen LogP contribution in [0.1, 0.15) is 59.3 Å². The fraction of sp³-hybridized carbons (Fsp3) is 0.917. The lowest BCUT2D eigenvalue weighted by Gasteiger charge is -2.09. The average molecular weight is 200 g/mol. The zero-order valence-electron chi connectivity index (χ0n) is 9.84. The van der Waals surface area contributed by atoms with Gasteiger partial charge in [0.25, 0.3) is 0 Å². The molecule has 2 heteroatoms. The largest absolute Gasteiger partial charge is 0.466 e. The van der Waals surface area contributed by atoms with Gasteiger partial charge in [-0.25, -0.2) is 0 Å². The molecule has 0 aromatic rings. The number of carbonyl (C=O) groups is 1. The van der Waals surface area contributed by atoms with Crippen LogP contribution in [0.4, 0.5) is 0 Å². The second-order valence-electron chi connectivity index (χ2n) is 3.94. The topological polar surface area (TPSA) is 26.3 Å². The molecule has 1 atom stereocenters. The summed E-state index contributed by atoms with van der Waals surface area (Å²) in [5.74, 6) is 0.612. The van der Waals surface area contributed by atoms with Gasteiger partial charge < -0.3 is 4.74 Å². The maximum absolute atomic E-state index is 11.1. The van der Waals surface area contributed by atoms with E-state index < -0.39 is 0 Å². The molecule has 0 saturated carbocycles. The summed E-state index contributed by atoms with van der Waals surface area (Å²) in [6, 6.07) is 0. The van der Waals surface area contributed by atoms with E-state index in [-0.39, 0.29) is 5.97 Å². The maximum Gasteiger partial charge on any atom is 0.305 e. The van der Waals surface area contributed by atoms with E-state index in [2.05, 4.69) is 13.8 Å². The average Bonchev–Trinajstić information content (AvgIpc) is 2.16. The predicted molar refractivity (Wildman–Crippen MR) is 59.2 cm³/mol. The van der Waals surface area contributed by atoms with E-state index in [1.807, 2.05) is 6.92 Å². The Morgan fingerprint density at radius 2 is 1.93 bits per heavy atom. The second-order valence-corrected chi connectivity index (χ2v) is 3.94. The molecule has 0 amide bonds. The van der Waals surface area contributed by atoms with Gasteiger partial charge in [-0.3, -0.25) is 4.79 Å². The SMILES string of the molecule is CCCCC[C@H](C)CCC(=O)OCC. The third-order valence-corrected chi connectivity index (χ3v) is 2.45. The summed E-state index contributed by atoms with van der Waals surface area (Å²) in [6.07, 6.45) is 6.67. The number of carbonyl (C=O) groups excluding carboxylic acids is 1. The molecule has 0 rings (SSSR count). The first kappa shape index (κ1) is 13.5. The summed E-state index contributed by atoms with van der Waals surface area (Å²) < 4.78 is 4.88. The molecule has 0 unspecified atom stereocenters. The molecule has 2 nitrogen and oxygen atoms in total. The Kier molecular flexibility index (Phi) is 8.70. The van der Waals surface area contributed by atoms with E-state index in [9.17, 15) is 4.79 Å². The van der Waals surface area contributed by atoms with Crippen LogP contribution >= 0.6 is 0 Å². The first-order chi connectivity index (χ1) is 6.70. The fourth-order valence-electron chi connectivity index (χ4n) is 1.48. The van der Waals surface area contributed by atoms with Gasteiger partial charge in [-0.15, -0.1) is 0 Å². The maximum atomic E-state index is 11.1. The minimum atomic E-state index is -0.0464. The van der Waals surface area contributed by atoms with Crippen molar-refractivity contribution in [3.63, 3.8) is 0 Å². The number of hydrogen-bond donors (Lipinski definition) is 0. The van der Waals surface area contributed by atoms with Crippen LogP contribution in [0.25, 0.3) is 0 Å². The third kappa shape index (κ3) is 8.09. The number of esters is 1. The molecular weight excluding hydrogens is 176 g/mol. The zero-order chi connectivity index (χ0) is 10.8. The number of rotatable bonds is 8. The summed E-state index contributed by atoms with van der Waals surface area (Å²) in [5, 5.41) is 0. The molecule has 0 spiro atoms. The first-order valence-corrected chi connectivity index (χ1v) is 5.86. The van der Waals surface area contributed by atoms with Crippen LogP contribution in [0, 0.1) is 5.92 Å². The predicted octanol–water partition coefficient (Wildman–Crippen LogP) is 3.55. The standard InChI is InChI=1S/C12H24O2/c1-4-6-7-8-11(3)9-10-12(13)14-5-2/h11H,4-10H2,1-3H3/t11-/m0/s1. The second kappa shape index (κ2) is 9.04. The van der Waals surface area contributed by atoms with Crippen LogP contribution in [0.5, 0.6) is 0 Å². The van der Waals surface area contributed by atoms with Crippen LogP contribution in [-0.2, 0) is 9.53 Å². The van der Waals surface area contributed by atoms with Gasteiger partial charge in [0.05, 0.1) is 6.61 Å². The molecule has 0 saturated heterocycles. The van der Waals surface area contributed by atoms with E-state index in [4.69, 9.17) is 4.74 Å². The van der Waals surface area contributed by atoms with Crippen molar-refractivity contribution in [1.29, 1.82) is 0 Å².